The minimum Gasteiger partial charge on any atom is -0.481 e. The van der Waals surface area contributed by atoms with E-state index in [4.69, 9.17) is 10.00 Å². The number of nitrogens with zero attached hydrogens (tertiary/aromatic N) is 2. The highest BCUT2D eigenvalue weighted by molar-refractivity contribution is 5.79. The predicted octanol–water partition coefficient (Wildman–Crippen LogP) is 0.810. The first-order chi connectivity index (χ1) is 9.32. The first kappa shape index (κ1) is 16.2. The van der Waals surface area contributed by atoms with Gasteiger partial charge in [0.05, 0.1) is 31.7 Å². The van der Waals surface area contributed by atoms with Gasteiger partial charge in [0.15, 0.2) is 0 Å². The van der Waals surface area contributed by atoms with Gasteiger partial charge in [-0.05, 0) is 20.8 Å². The summed E-state index contributed by atoms with van der Waals surface area (Å²) < 4.78 is 5.19. The Labute approximate surface area is 118 Å². The van der Waals surface area contributed by atoms with Crippen LogP contribution in [0.15, 0.2) is 0 Å². The maximum absolute atomic E-state index is 12.2. The molecule has 2 N–H and O–H groups in total. The van der Waals surface area contributed by atoms with Gasteiger partial charge in [-0.25, -0.2) is 4.79 Å². The molecule has 1 aliphatic heterocycles. The van der Waals surface area contributed by atoms with Gasteiger partial charge >= 0.3 is 12.0 Å². The number of carbonyl (C=O) groups is 2. The Morgan fingerprint density at radius 1 is 1.60 bits per heavy atom. The molecular formula is C13H21N3O4. The number of aliphatic carboxylic acids is 1. The Hall–Kier alpha value is -1.81. The van der Waals surface area contributed by atoms with Crippen molar-refractivity contribution in [3.63, 3.8) is 0 Å². The van der Waals surface area contributed by atoms with Crippen molar-refractivity contribution in [1.82, 2.24) is 10.2 Å². The first-order valence-electron chi connectivity index (χ1n) is 6.58. The molecule has 1 saturated heterocycles. The Balaban J connectivity index is 2.73. The van der Waals surface area contributed by atoms with E-state index in [1.54, 1.807) is 6.92 Å². The molecule has 0 saturated carbocycles. The van der Waals surface area contributed by atoms with Crippen LogP contribution in [0.5, 0.6) is 0 Å². The molecule has 1 aliphatic rings. The molecule has 112 valence electrons. The second kappa shape index (κ2) is 6.57. The van der Waals surface area contributed by atoms with E-state index in [0.717, 1.165) is 0 Å². The number of amides is 2. The van der Waals surface area contributed by atoms with Gasteiger partial charge < -0.3 is 20.1 Å². The van der Waals surface area contributed by atoms with Crippen LogP contribution in [0.1, 0.15) is 27.2 Å². The number of urea groups is 1. The van der Waals surface area contributed by atoms with Crippen LogP contribution in [-0.2, 0) is 9.53 Å². The summed E-state index contributed by atoms with van der Waals surface area (Å²) in [6.45, 7) is 5.82. The van der Waals surface area contributed by atoms with Crippen LogP contribution in [-0.4, -0.2) is 53.8 Å². The van der Waals surface area contributed by atoms with E-state index in [9.17, 15) is 14.7 Å². The summed E-state index contributed by atoms with van der Waals surface area (Å²) in [6, 6.07) is 0.992. The van der Waals surface area contributed by atoms with Crippen molar-refractivity contribution >= 4 is 12.0 Å². The van der Waals surface area contributed by atoms with E-state index in [1.165, 1.54) is 4.90 Å². The first-order valence-corrected chi connectivity index (χ1v) is 6.58. The van der Waals surface area contributed by atoms with E-state index in [0.29, 0.717) is 6.54 Å². The Morgan fingerprint density at radius 3 is 2.75 bits per heavy atom. The third kappa shape index (κ3) is 3.39. The van der Waals surface area contributed by atoms with Gasteiger partial charge in [-0.15, -0.1) is 0 Å². The number of hydrogen-bond donors (Lipinski definition) is 2. The zero-order valence-corrected chi connectivity index (χ0v) is 12.0. The number of nitriles is 1. The summed E-state index contributed by atoms with van der Waals surface area (Å²) in [6.07, 6.45) is 0.239. The maximum Gasteiger partial charge on any atom is 0.317 e. The molecule has 0 spiro atoms. The topological polar surface area (TPSA) is 103 Å². The number of carbonyl (C=O) groups excluding carboxylic acids is 1. The number of ether oxygens (including phenoxy) is 1. The summed E-state index contributed by atoms with van der Waals surface area (Å²) in [4.78, 5) is 25.0. The number of carboxylic acids is 1. The van der Waals surface area contributed by atoms with Gasteiger partial charge in [-0.1, -0.05) is 0 Å². The molecule has 1 rings (SSSR count). The number of rotatable bonds is 5. The minimum absolute atomic E-state index is 0.0678. The summed E-state index contributed by atoms with van der Waals surface area (Å²) in [5, 5.41) is 20.6. The minimum atomic E-state index is -1.12. The van der Waals surface area contributed by atoms with Gasteiger partial charge in [-0.2, -0.15) is 5.26 Å². The highest BCUT2D eigenvalue weighted by Gasteiger charge is 2.47. The average molecular weight is 283 g/mol. The molecule has 7 nitrogen and oxygen atoms in total. The van der Waals surface area contributed by atoms with E-state index in [-0.39, 0.29) is 31.7 Å². The summed E-state index contributed by atoms with van der Waals surface area (Å²) in [5.74, 6) is -0.992. The van der Waals surface area contributed by atoms with Crippen LogP contribution in [0, 0.1) is 16.7 Å². The SMILES string of the molecule is CC(C)N(CCC#N)C(=O)NC1COCC1(C)C(=O)O. The van der Waals surface area contributed by atoms with Crippen molar-refractivity contribution in [3.05, 3.63) is 0 Å². The maximum atomic E-state index is 12.2. The fourth-order valence-electron chi connectivity index (χ4n) is 2.08. The molecule has 1 heterocycles. The molecule has 0 aromatic rings. The van der Waals surface area contributed by atoms with Gasteiger partial charge in [0.1, 0.15) is 5.41 Å². The van der Waals surface area contributed by atoms with Gasteiger partial charge in [0.2, 0.25) is 0 Å². The lowest BCUT2D eigenvalue weighted by molar-refractivity contribution is -0.148. The highest BCUT2D eigenvalue weighted by Crippen LogP contribution is 2.28. The van der Waals surface area contributed by atoms with Crippen molar-refractivity contribution in [2.75, 3.05) is 19.8 Å². The van der Waals surface area contributed by atoms with Crippen molar-refractivity contribution in [2.45, 2.75) is 39.3 Å². The van der Waals surface area contributed by atoms with Crippen LogP contribution in [0.4, 0.5) is 4.79 Å². The van der Waals surface area contributed by atoms with Crippen LogP contribution in [0.2, 0.25) is 0 Å². The van der Waals surface area contributed by atoms with Crippen LogP contribution >= 0.6 is 0 Å². The lowest BCUT2D eigenvalue weighted by Crippen LogP contribution is -2.54. The standard InChI is InChI=1S/C13H21N3O4/c1-9(2)16(6-4-5-14)12(19)15-10-7-20-8-13(10,3)11(17)18/h9-10H,4,6-8H2,1-3H3,(H,15,19)(H,17,18). The zero-order valence-electron chi connectivity index (χ0n) is 12.0. The monoisotopic (exact) mass is 283 g/mol. The Bertz CT molecular complexity index is 418. The molecule has 2 atom stereocenters. The highest BCUT2D eigenvalue weighted by atomic mass is 16.5. The molecule has 7 heteroatoms. The smallest absolute Gasteiger partial charge is 0.317 e. The molecule has 0 aromatic carbocycles. The van der Waals surface area contributed by atoms with E-state index in [2.05, 4.69) is 5.32 Å². The normalized spacial score (nSPS) is 25.2. The van der Waals surface area contributed by atoms with Gasteiger partial charge in [0.25, 0.3) is 0 Å². The second-order valence-corrected chi connectivity index (χ2v) is 5.44. The number of hydrogen-bond acceptors (Lipinski definition) is 4. The zero-order chi connectivity index (χ0) is 15.3. The molecule has 0 aromatic heterocycles. The van der Waals surface area contributed by atoms with Crippen LogP contribution in [0.25, 0.3) is 0 Å². The van der Waals surface area contributed by atoms with Gasteiger partial charge in [0, 0.05) is 12.6 Å². The van der Waals surface area contributed by atoms with Crippen molar-refractivity contribution in [2.24, 2.45) is 5.41 Å². The van der Waals surface area contributed by atoms with Crippen LogP contribution < -0.4 is 5.32 Å². The quantitative estimate of drug-likeness (QED) is 0.777. The summed E-state index contributed by atoms with van der Waals surface area (Å²) in [5.41, 5.74) is -1.12. The molecule has 1 fully saturated rings. The fourth-order valence-corrected chi connectivity index (χ4v) is 2.08. The largest absolute Gasteiger partial charge is 0.481 e. The predicted molar refractivity (Wildman–Crippen MR) is 71.0 cm³/mol. The lowest BCUT2D eigenvalue weighted by atomic mass is 9.85. The van der Waals surface area contributed by atoms with Crippen molar-refractivity contribution in [1.29, 1.82) is 5.26 Å². The molecule has 20 heavy (non-hydrogen) atoms. The average Bonchev–Trinajstić information content (AvgIpc) is 2.72. The van der Waals surface area contributed by atoms with Crippen molar-refractivity contribution < 1.29 is 19.4 Å². The summed E-state index contributed by atoms with van der Waals surface area (Å²) >= 11 is 0. The number of nitrogens with one attached hydrogen (secondary N) is 1. The Kier molecular flexibility index (Phi) is 5.34. The van der Waals surface area contributed by atoms with E-state index in [1.807, 2.05) is 19.9 Å². The van der Waals surface area contributed by atoms with E-state index >= 15 is 0 Å². The molecular weight excluding hydrogens is 262 g/mol. The number of carboxylic acid groups (broad SMARTS) is 1. The molecule has 0 aliphatic carbocycles. The lowest BCUT2D eigenvalue weighted by Gasteiger charge is -2.31. The third-order valence-electron chi connectivity index (χ3n) is 3.59. The Morgan fingerprint density at radius 2 is 2.25 bits per heavy atom. The molecule has 0 bridgehead atoms. The molecule has 0 radical (unpaired) electrons. The molecule has 2 unspecified atom stereocenters. The fraction of sp³-hybridized carbons (Fsp3) is 0.769. The third-order valence-corrected chi connectivity index (χ3v) is 3.59. The van der Waals surface area contributed by atoms with Crippen LogP contribution in [0.3, 0.4) is 0 Å². The van der Waals surface area contributed by atoms with Crippen molar-refractivity contribution in [3.8, 4) is 6.07 Å². The molecule has 2 amide bonds. The van der Waals surface area contributed by atoms with Gasteiger partial charge in [-0.3, -0.25) is 4.79 Å². The van der Waals surface area contributed by atoms with E-state index < -0.39 is 17.4 Å². The second-order valence-electron chi connectivity index (χ2n) is 5.44. The summed E-state index contributed by atoms with van der Waals surface area (Å²) in [7, 11) is 0.